The van der Waals surface area contributed by atoms with Crippen molar-refractivity contribution >= 4 is 5.69 Å². The van der Waals surface area contributed by atoms with E-state index in [1.807, 2.05) is 6.07 Å². The first kappa shape index (κ1) is 14.3. The first-order valence-corrected chi connectivity index (χ1v) is 6.83. The molecule has 106 valence electrons. The van der Waals surface area contributed by atoms with Crippen LogP contribution in [0.5, 0.6) is 0 Å². The molecule has 1 fully saturated rings. The van der Waals surface area contributed by atoms with Crippen molar-refractivity contribution in [2.45, 2.75) is 25.9 Å². The fourth-order valence-electron chi connectivity index (χ4n) is 2.87. The Bertz CT molecular complexity index is 421. The minimum absolute atomic E-state index is 0.332. The summed E-state index contributed by atoms with van der Waals surface area (Å²) in [7, 11) is 1.71. The summed E-state index contributed by atoms with van der Waals surface area (Å²) in [6.45, 7) is 4.11. The molecule has 0 spiro atoms. The molecule has 1 aliphatic rings. The Kier molecular flexibility index (Phi) is 4.77. The molecule has 1 aromatic rings. The van der Waals surface area contributed by atoms with E-state index in [1.54, 1.807) is 20.1 Å². The lowest BCUT2D eigenvalue weighted by atomic mass is 9.97. The maximum absolute atomic E-state index is 13.9. The number of aliphatic hydroxyl groups excluding tert-OH is 1. The van der Waals surface area contributed by atoms with Gasteiger partial charge < -0.3 is 14.7 Å². The van der Waals surface area contributed by atoms with Gasteiger partial charge in [0, 0.05) is 31.5 Å². The number of nitrogens with zero attached hydrogens (tertiary/aromatic N) is 1. The van der Waals surface area contributed by atoms with E-state index in [4.69, 9.17) is 4.74 Å². The zero-order valence-electron chi connectivity index (χ0n) is 11.6. The second-order valence-corrected chi connectivity index (χ2v) is 5.26. The minimum Gasteiger partial charge on any atom is -0.389 e. The monoisotopic (exact) mass is 267 g/mol. The van der Waals surface area contributed by atoms with Crippen LogP contribution in [-0.2, 0) is 4.74 Å². The lowest BCUT2D eigenvalue weighted by molar-refractivity contribution is 0.143. The van der Waals surface area contributed by atoms with Gasteiger partial charge in [-0.1, -0.05) is 6.07 Å². The predicted molar refractivity (Wildman–Crippen MR) is 73.8 cm³/mol. The number of aliphatic hydroxyl groups is 1. The lowest BCUT2D eigenvalue weighted by Gasteiger charge is -2.35. The number of piperidine rings is 1. The summed E-state index contributed by atoms with van der Waals surface area (Å²) < 4.78 is 19.1. The highest BCUT2D eigenvalue weighted by molar-refractivity contribution is 5.55. The zero-order chi connectivity index (χ0) is 13.8. The van der Waals surface area contributed by atoms with Crippen LogP contribution in [0.4, 0.5) is 10.1 Å². The summed E-state index contributed by atoms with van der Waals surface area (Å²) >= 11 is 0. The van der Waals surface area contributed by atoms with Crippen LogP contribution < -0.4 is 4.90 Å². The van der Waals surface area contributed by atoms with Crippen molar-refractivity contribution in [3.63, 3.8) is 0 Å². The number of rotatable bonds is 4. The number of hydrogen-bond acceptors (Lipinski definition) is 3. The Morgan fingerprint density at radius 1 is 1.53 bits per heavy atom. The van der Waals surface area contributed by atoms with E-state index in [1.165, 1.54) is 6.07 Å². The number of methoxy groups -OCH3 is 1. The van der Waals surface area contributed by atoms with Gasteiger partial charge in [-0.15, -0.1) is 0 Å². The average Bonchev–Trinajstić information content (AvgIpc) is 2.38. The molecule has 1 unspecified atom stereocenters. The van der Waals surface area contributed by atoms with Crippen molar-refractivity contribution in [3.05, 3.63) is 29.6 Å². The summed E-state index contributed by atoms with van der Waals surface area (Å²) in [6.07, 6.45) is 1.42. The number of anilines is 1. The Morgan fingerprint density at radius 3 is 3.00 bits per heavy atom. The van der Waals surface area contributed by atoms with E-state index in [9.17, 15) is 9.50 Å². The maximum Gasteiger partial charge on any atom is 0.131 e. The van der Waals surface area contributed by atoms with Crippen molar-refractivity contribution in [2.75, 3.05) is 31.7 Å². The lowest BCUT2D eigenvalue weighted by Crippen LogP contribution is -2.37. The number of benzene rings is 1. The molecule has 0 saturated carbocycles. The summed E-state index contributed by atoms with van der Waals surface area (Å²) in [5.41, 5.74) is 1.22. The van der Waals surface area contributed by atoms with Crippen LogP contribution in [0.3, 0.4) is 0 Å². The molecule has 2 atom stereocenters. The third kappa shape index (κ3) is 3.25. The van der Waals surface area contributed by atoms with E-state index >= 15 is 0 Å². The van der Waals surface area contributed by atoms with E-state index in [-0.39, 0.29) is 5.82 Å². The van der Waals surface area contributed by atoms with Gasteiger partial charge in [-0.25, -0.2) is 4.39 Å². The number of ether oxygens (including phenoxy) is 1. The van der Waals surface area contributed by atoms with Gasteiger partial charge >= 0.3 is 0 Å². The highest BCUT2D eigenvalue weighted by atomic mass is 19.1. The first-order chi connectivity index (χ1) is 9.13. The minimum atomic E-state index is -0.793. The smallest absolute Gasteiger partial charge is 0.131 e. The van der Waals surface area contributed by atoms with Crippen molar-refractivity contribution < 1.29 is 14.2 Å². The fraction of sp³-hybridized carbons (Fsp3) is 0.600. The van der Waals surface area contributed by atoms with Crippen LogP contribution in [-0.4, -0.2) is 31.9 Å². The van der Waals surface area contributed by atoms with Gasteiger partial charge in [-0.3, -0.25) is 0 Å². The number of halogens is 1. The van der Waals surface area contributed by atoms with Gasteiger partial charge in [0.15, 0.2) is 0 Å². The normalized spacial score (nSPS) is 21.5. The van der Waals surface area contributed by atoms with E-state index in [0.29, 0.717) is 11.5 Å². The van der Waals surface area contributed by atoms with Crippen LogP contribution in [0, 0.1) is 11.7 Å². The van der Waals surface area contributed by atoms with E-state index in [2.05, 4.69) is 4.90 Å². The summed E-state index contributed by atoms with van der Waals surface area (Å²) in [5.74, 6) is 0.144. The zero-order valence-corrected chi connectivity index (χ0v) is 11.6. The van der Waals surface area contributed by atoms with Crippen molar-refractivity contribution in [1.82, 2.24) is 0 Å². The van der Waals surface area contributed by atoms with Gasteiger partial charge in [-0.2, -0.15) is 0 Å². The number of hydrogen-bond donors (Lipinski definition) is 1. The van der Waals surface area contributed by atoms with Crippen molar-refractivity contribution in [1.29, 1.82) is 0 Å². The fourth-order valence-corrected chi connectivity index (χ4v) is 2.87. The predicted octanol–water partition coefficient (Wildman–Crippen LogP) is 2.74. The quantitative estimate of drug-likeness (QED) is 0.910. The highest BCUT2D eigenvalue weighted by Gasteiger charge is 2.24. The van der Waals surface area contributed by atoms with Gasteiger partial charge in [0.25, 0.3) is 0 Å². The highest BCUT2D eigenvalue weighted by Crippen LogP contribution is 2.31. The molecular weight excluding hydrogens is 245 g/mol. The van der Waals surface area contributed by atoms with Crippen molar-refractivity contribution in [3.8, 4) is 0 Å². The van der Waals surface area contributed by atoms with Crippen LogP contribution >= 0.6 is 0 Å². The molecule has 0 aliphatic carbocycles. The first-order valence-electron chi connectivity index (χ1n) is 6.83. The summed E-state index contributed by atoms with van der Waals surface area (Å²) in [5, 5.41) is 9.79. The Hall–Kier alpha value is -1.13. The summed E-state index contributed by atoms with van der Waals surface area (Å²) in [4.78, 5) is 2.16. The van der Waals surface area contributed by atoms with E-state index in [0.717, 1.165) is 38.2 Å². The molecule has 1 heterocycles. The van der Waals surface area contributed by atoms with Crippen LogP contribution in [0.1, 0.15) is 31.4 Å². The third-order valence-electron chi connectivity index (χ3n) is 3.71. The summed E-state index contributed by atoms with van der Waals surface area (Å²) in [6, 6.07) is 5.00. The molecule has 1 saturated heterocycles. The van der Waals surface area contributed by atoms with Gasteiger partial charge in [0.1, 0.15) is 5.82 Å². The standard InChI is InChI=1S/C15H22FNO2/c1-11(18)15-13(16)6-3-7-14(15)17-8-4-5-12(9-17)10-19-2/h3,6-7,11-12,18H,4-5,8-10H2,1-2H3/t11-,12?/m1/s1. The van der Waals surface area contributed by atoms with Gasteiger partial charge in [0.2, 0.25) is 0 Å². The molecule has 0 radical (unpaired) electrons. The molecule has 2 rings (SSSR count). The molecular formula is C15H22FNO2. The maximum atomic E-state index is 13.9. The Labute approximate surface area is 114 Å². The van der Waals surface area contributed by atoms with Crippen molar-refractivity contribution in [2.24, 2.45) is 5.92 Å². The SMILES string of the molecule is COCC1CCCN(c2cccc(F)c2[C@@H](C)O)C1. The van der Waals surface area contributed by atoms with Crippen LogP contribution in [0.2, 0.25) is 0 Å². The van der Waals surface area contributed by atoms with Gasteiger partial charge in [-0.05, 0) is 37.8 Å². The average molecular weight is 267 g/mol. The topological polar surface area (TPSA) is 32.7 Å². The molecule has 4 heteroatoms. The van der Waals surface area contributed by atoms with Crippen LogP contribution in [0.25, 0.3) is 0 Å². The Balaban J connectivity index is 2.23. The second kappa shape index (κ2) is 6.35. The van der Waals surface area contributed by atoms with E-state index < -0.39 is 6.10 Å². The molecule has 0 bridgehead atoms. The largest absolute Gasteiger partial charge is 0.389 e. The molecule has 1 aromatic carbocycles. The van der Waals surface area contributed by atoms with Gasteiger partial charge in [0.05, 0.1) is 12.7 Å². The third-order valence-corrected chi connectivity index (χ3v) is 3.71. The van der Waals surface area contributed by atoms with Crippen LogP contribution in [0.15, 0.2) is 18.2 Å². The molecule has 19 heavy (non-hydrogen) atoms. The molecule has 1 aliphatic heterocycles. The molecule has 0 aromatic heterocycles. The molecule has 1 N–H and O–H groups in total. The molecule has 3 nitrogen and oxygen atoms in total. The second-order valence-electron chi connectivity index (χ2n) is 5.26. The molecule has 0 amide bonds. The Morgan fingerprint density at radius 2 is 2.32 bits per heavy atom.